The van der Waals surface area contributed by atoms with Gasteiger partial charge in [0.05, 0.1) is 40.1 Å². The van der Waals surface area contributed by atoms with Crippen molar-refractivity contribution in [3.8, 4) is 11.5 Å². The van der Waals surface area contributed by atoms with Crippen molar-refractivity contribution < 1.29 is 23.7 Å². The summed E-state index contributed by atoms with van der Waals surface area (Å²) in [4.78, 5) is 38.5. The smallest absolute Gasteiger partial charge is 0.338 e. The fraction of sp³-hybridized carbons (Fsp3) is 0.216. The normalized spacial score (nSPS) is 12.0. The van der Waals surface area contributed by atoms with Crippen LogP contribution in [0.2, 0.25) is 0 Å². The standard InChI is InChI=1S/C37H36N2O7/c1-27(45-25-24-38-23-22-34(40)39(36(38)42)35(41)28-10-6-4-7-11-28)26-46-37(29-12-8-5-9-13-29,30-14-18-32(43-2)19-15-30)31-16-20-33(44-3)21-17-31/h4-23,27H,24-26H2,1-3H3/t27-/m1/s1. The van der Waals surface area contributed by atoms with Gasteiger partial charge in [0.25, 0.3) is 11.5 Å². The number of carbonyl (C=O) groups excluding carboxylic acids is 1. The summed E-state index contributed by atoms with van der Waals surface area (Å²) in [6, 6.07) is 34.9. The number of benzene rings is 4. The van der Waals surface area contributed by atoms with Crippen LogP contribution in [0.25, 0.3) is 0 Å². The molecule has 0 spiro atoms. The molecule has 0 radical (unpaired) electrons. The van der Waals surface area contributed by atoms with Crippen LogP contribution in [-0.4, -0.2) is 48.6 Å². The molecule has 4 aromatic carbocycles. The summed E-state index contributed by atoms with van der Waals surface area (Å²) >= 11 is 0. The molecule has 0 saturated heterocycles. The highest BCUT2D eigenvalue weighted by atomic mass is 16.5. The maximum atomic E-state index is 13.1. The van der Waals surface area contributed by atoms with Crippen molar-refractivity contribution in [2.24, 2.45) is 0 Å². The molecular formula is C37H36N2O7. The van der Waals surface area contributed by atoms with E-state index in [0.29, 0.717) is 4.57 Å². The Hall–Kier alpha value is -5.25. The van der Waals surface area contributed by atoms with E-state index in [1.807, 2.05) is 85.8 Å². The van der Waals surface area contributed by atoms with Crippen molar-refractivity contribution in [3.05, 3.63) is 165 Å². The molecule has 0 bridgehead atoms. The lowest BCUT2D eigenvalue weighted by atomic mass is 9.80. The molecule has 0 amide bonds. The third-order valence-corrected chi connectivity index (χ3v) is 7.72. The molecule has 1 aromatic heterocycles. The van der Waals surface area contributed by atoms with E-state index in [2.05, 4.69) is 0 Å². The average Bonchev–Trinajstić information content (AvgIpc) is 3.11. The Morgan fingerprint density at radius 3 is 1.78 bits per heavy atom. The molecule has 0 aliphatic heterocycles. The van der Waals surface area contributed by atoms with Gasteiger partial charge in [0.15, 0.2) is 0 Å². The number of nitrogens with zero attached hydrogens (tertiary/aromatic N) is 2. The van der Waals surface area contributed by atoms with Gasteiger partial charge in [-0.25, -0.2) is 4.79 Å². The molecule has 5 rings (SSSR count). The second-order valence-electron chi connectivity index (χ2n) is 10.6. The van der Waals surface area contributed by atoms with Gasteiger partial charge in [-0.1, -0.05) is 72.8 Å². The Morgan fingerprint density at radius 1 is 0.717 bits per heavy atom. The lowest BCUT2D eigenvalue weighted by Gasteiger charge is -2.37. The van der Waals surface area contributed by atoms with Gasteiger partial charge >= 0.3 is 5.69 Å². The number of aromatic nitrogens is 2. The second-order valence-corrected chi connectivity index (χ2v) is 10.6. The van der Waals surface area contributed by atoms with E-state index in [4.69, 9.17) is 18.9 Å². The minimum Gasteiger partial charge on any atom is -0.497 e. The topological polar surface area (TPSA) is 98.0 Å². The maximum Gasteiger partial charge on any atom is 0.338 e. The van der Waals surface area contributed by atoms with Crippen molar-refractivity contribution in [3.63, 3.8) is 0 Å². The third kappa shape index (κ3) is 6.86. The highest BCUT2D eigenvalue weighted by molar-refractivity contribution is 5.95. The molecule has 0 aliphatic carbocycles. The second kappa shape index (κ2) is 14.7. The van der Waals surface area contributed by atoms with Crippen LogP contribution in [0.4, 0.5) is 0 Å². The van der Waals surface area contributed by atoms with Gasteiger partial charge in [-0.3, -0.25) is 14.2 Å². The molecule has 9 nitrogen and oxygen atoms in total. The number of hydrogen-bond donors (Lipinski definition) is 0. The van der Waals surface area contributed by atoms with Crippen LogP contribution in [0, 0.1) is 0 Å². The van der Waals surface area contributed by atoms with Crippen LogP contribution in [-0.2, 0) is 21.6 Å². The predicted molar refractivity (Wildman–Crippen MR) is 175 cm³/mol. The Balaban J connectivity index is 1.37. The van der Waals surface area contributed by atoms with Crippen molar-refractivity contribution >= 4 is 5.91 Å². The van der Waals surface area contributed by atoms with E-state index in [0.717, 1.165) is 28.2 Å². The monoisotopic (exact) mass is 620 g/mol. The molecular weight excluding hydrogens is 584 g/mol. The summed E-state index contributed by atoms with van der Waals surface area (Å²) in [5, 5.41) is 0. The fourth-order valence-corrected chi connectivity index (χ4v) is 5.30. The van der Waals surface area contributed by atoms with Gasteiger partial charge in [0.2, 0.25) is 0 Å². The van der Waals surface area contributed by atoms with Gasteiger partial charge in [-0.15, -0.1) is 0 Å². The van der Waals surface area contributed by atoms with Gasteiger partial charge < -0.3 is 18.9 Å². The Morgan fingerprint density at radius 2 is 1.24 bits per heavy atom. The van der Waals surface area contributed by atoms with Crippen molar-refractivity contribution in [1.29, 1.82) is 0 Å². The molecule has 5 aromatic rings. The van der Waals surface area contributed by atoms with Gasteiger partial charge in [0, 0.05) is 17.8 Å². The number of rotatable bonds is 13. The Bertz CT molecular complexity index is 1800. The first kappa shape index (κ1) is 32.2. The summed E-state index contributed by atoms with van der Waals surface area (Å²) in [5.41, 5.74) is 0.555. The lowest BCUT2D eigenvalue weighted by Crippen LogP contribution is -2.43. The Kier molecular flexibility index (Phi) is 10.3. The first-order chi connectivity index (χ1) is 22.4. The van der Waals surface area contributed by atoms with Gasteiger partial charge in [0.1, 0.15) is 17.1 Å². The molecule has 0 fully saturated rings. The molecule has 46 heavy (non-hydrogen) atoms. The Labute approximate surface area is 267 Å². The maximum absolute atomic E-state index is 13.1. The molecule has 1 heterocycles. The van der Waals surface area contributed by atoms with Crippen molar-refractivity contribution in [2.45, 2.75) is 25.2 Å². The van der Waals surface area contributed by atoms with E-state index < -0.39 is 22.8 Å². The number of hydrogen-bond acceptors (Lipinski definition) is 7. The van der Waals surface area contributed by atoms with Crippen LogP contribution in [0.1, 0.15) is 34.0 Å². The van der Waals surface area contributed by atoms with Crippen molar-refractivity contribution in [1.82, 2.24) is 9.13 Å². The minimum atomic E-state index is -0.998. The van der Waals surface area contributed by atoms with E-state index in [9.17, 15) is 14.4 Å². The summed E-state index contributed by atoms with van der Waals surface area (Å²) in [5.74, 6) is 0.773. The van der Waals surface area contributed by atoms with E-state index in [-0.39, 0.29) is 31.4 Å². The van der Waals surface area contributed by atoms with Crippen LogP contribution in [0.5, 0.6) is 11.5 Å². The molecule has 0 unspecified atom stereocenters. The summed E-state index contributed by atoms with van der Waals surface area (Å²) in [6.07, 6.45) is 0.990. The highest BCUT2D eigenvalue weighted by Gasteiger charge is 2.38. The highest BCUT2D eigenvalue weighted by Crippen LogP contribution is 2.41. The number of carbonyl (C=O) groups is 1. The molecule has 0 saturated carbocycles. The molecule has 1 atom stereocenters. The first-order valence-corrected chi connectivity index (χ1v) is 14.9. The zero-order valence-electron chi connectivity index (χ0n) is 26.0. The van der Waals surface area contributed by atoms with Crippen molar-refractivity contribution in [2.75, 3.05) is 27.4 Å². The van der Waals surface area contributed by atoms with E-state index in [1.165, 1.54) is 16.8 Å². The SMILES string of the molecule is COc1ccc(C(OC[C@@H](C)OCCn2ccc(=O)n(C(=O)c3ccccc3)c2=O)(c2ccccc2)c2ccc(OC)cc2)cc1. The van der Waals surface area contributed by atoms with Crippen LogP contribution < -0.4 is 20.7 Å². The molecule has 0 aliphatic rings. The summed E-state index contributed by atoms with van der Waals surface area (Å²) in [7, 11) is 3.25. The first-order valence-electron chi connectivity index (χ1n) is 14.9. The summed E-state index contributed by atoms with van der Waals surface area (Å²) < 4.78 is 25.7. The third-order valence-electron chi connectivity index (χ3n) is 7.72. The summed E-state index contributed by atoms with van der Waals surface area (Å²) in [6.45, 7) is 2.37. The largest absolute Gasteiger partial charge is 0.497 e. The lowest BCUT2D eigenvalue weighted by molar-refractivity contribution is -0.0596. The number of ether oxygens (including phenoxy) is 4. The van der Waals surface area contributed by atoms with Gasteiger partial charge in [-0.2, -0.15) is 4.57 Å². The van der Waals surface area contributed by atoms with E-state index >= 15 is 0 Å². The fourth-order valence-electron chi connectivity index (χ4n) is 5.30. The molecule has 0 N–H and O–H groups in total. The molecule has 9 heteroatoms. The minimum absolute atomic E-state index is 0.131. The van der Waals surface area contributed by atoms with Crippen LogP contribution >= 0.6 is 0 Å². The predicted octanol–water partition coefficient (Wildman–Crippen LogP) is 5.13. The quantitative estimate of drug-likeness (QED) is 0.168. The number of methoxy groups -OCH3 is 2. The average molecular weight is 621 g/mol. The molecule has 236 valence electrons. The zero-order valence-corrected chi connectivity index (χ0v) is 26.0. The zero-order chi connectivity index (χ0) is 32.5. The van der Waals surface area contributed by atoms with Crippen LogP contribution in [0.15, 0.2) is 131 Å². The van der Waals surface area contributed by atoms with E-state index in [1.54, 1.807) is 44.6 Å². The van der Waals surface area contributed by atoms with Crippen LogP contribution in [0.3, 0.4) is 0 Å². The van der Waals surface area contributed by atoms with Gasteiger partial charge in [-0.05, 0) is 60.0 Å².